The third kappa shape index (κ3) is 4.25. The van der Waals surface area contributed by atoms with Crippen LogP contribution in [0, 0.1) is 16.1 Å². The van der Waals surface area contributed by atoms with E-state index in [4.69, 9.17) is 21.7 Å². The smallest absolute Gasteiger partial charge is 0.343 e. The van der Waals surface area contributed by atoms with Crippen LogP contribution in [0.5, 0.6) is 11.5 Å². The molecule has 142 valence electrons. The summed E-state index contributed by atoms with van der Waals surface area (Å²) < 4.78 is 14.0. The van der Waals surface area contributed by atoms with Gasteiger partial charge in [0.05, 0.1) is 12.8 Å². The monoisotopic (exact) mass is 415 g/mol. The molecule has 2 aromatic heterocycles. The second-order valence-corrected chi connectivity index (χ2v) is 6.50. The lowest BCUT2D eigenvalue weighted by atomic mass is 10.1. The average Bonchev–Trinajstić information content (AvgIpc) is 3.09. The fourth-order valence-electron chi connectivity index (χ4n) is 2.35. The molecule has 0 saturated carbocycles. The molecule has 0 spiro atoms. The number of nitrogens with one attached hydrogen (secondary N) is 3. The molecule has 2 heterocycles. The Morgan fingerprint density at radius 2 is 2.14 bits per heavy atom. The number of ether oxygens (including phenoxy) is 2. The van der Waals surface area contributed by atoms with Crippen molar-refractivity contribution in [1.29, 1.82) is 5.26 Å². The maximum absolute atomic E-state index is 11.9. The summed E-state index contributed by atoms with van der Waals surface area (Å²) in [6.45, 7) is 0.0385. The number of nitriles is 1. The highest BCUT2D eigenvalue weighted by molar-refractivity contribution is 7.71. The molecule has 0 aliphatic heterocycles. The van der Waals surface area contributed by atoms with Crippen molar-refractivity contribution in [3.05, 3.63) is 65.6 Å². The Morgan fingerprint density at radius 1 is 1.32 bits per heavy atom. The molecular formula is C17H13N5O4S2. The number of rotatable bonds is 6. The highest BCUT2D eigenvalue weighted by atomic mass is 32.1. The normalized spacial score (nSPS) is 10.7. The lowest BCUT2D eigenvalue weighted by molar-refractivity contribution is 0.277. The van der Waals surface area contributed by atoms with Crippen molar-refractivity contribution < 1.29 is 9.47 Å². The summed E-state index contributed by atoms with van der Waals surface area (Å²) >= 11 is 5.83. The molecular weight excluding hydrogens is 402 g/mol. The molecule has 11 heteroatoms. The van der Waals surface area contributed by atoms with Crippen LogP contribution in [-0.4, -0.2) is 26.4 Å². The Balaban J connectivity index is 1.97. The van der Waals surface area contributed by atoms with Gasteiger partial charge in [-0.05, 0) is 30.4 Å². The molecule has 0 fully saturated rings. The van der Waals surface area contributed by atoms with Crippen molar-refractivity contribution in [2.75, 3.05) is 7.11 Å². The van der Waals surface area contributed by atoms with Gasteiger partial charge in [0.2, 0.25) is 0 Å². The summed E-state index contributed by atoms with van der Waals surface area (Å²) in [5.41, 5.74) is 0.241. The van der Waals surface area contributed by atoms with Crippen LogP contribution >= 0.6 is 23.8 Å². The van der Waals surface area contributed by atoms with E-state index in [1.807, 2.05) is 6.07 Å². The molecule has 3 N–H and O–H groups in total. The first kappa shape index (κ1) is 19.3. The molecule has 9 nitrogen and oxygen atoms in total. The van der Waals surface area contributed by atoms with E-state index in [0.29, 0.717) is 22.9 Å². The van der Waals surface area contributed by atoms with Crippen LogP contribution in [0.15, 0.2) is 27.8 Å². The minimum absolute atomic E-state index is 0.0385. The Morgan fingerprint density at radius 3 is 2.82 bits per heavy atom. The minimum atomic E-state index is -0.569. The standard InChI is InChI=1S/C17H13N5O4S2/c1-25-12-4-2-3-9(14(12)26-8-13-20-17(24)28-22-13)5-6-11-10(7-18)15(23)21-16(27)19-11/h2-6H,8H2,1H3,(H,20,22,24)(H2,19,21,23,27)/b6-5+. The highest BCUT2D eigenvalue weighted by Crippen LogP contribution is 2.33. The molecule has 0 atom stereocenters. The summed E-state index contributed by atoms with van der Waals surface area (Å²) in [7, 11) is 1.50. The van der Waals surface area contributed by atoms with Crippen LogP contribution in [0.2, 0.25) is 0 Å². The molecule has 0 amide bonds. The average molecular weight is 415 g/mol. The Hall–Kier alpha value is -3.49. The van der Waals surface area contributed by atoms with Gasteiger partial charge in [-0.15, -0.1) is 0 Å². The SMILES string of the molecule is COc1cccc(/C=C/c2[nH]c(=S)[nH]c(=O)c2C#N)c1OCc1nc(=O)s[nH]1. The first-order valence-electron chi connectivity index (χ1n) is 7.80. The van der Waals surface area contributed by atoms with Crippen molar-refractivity contribution in [2.45, 2.75) is 6.61 Å². The first-order valence-corrected chi connectivity index (χ1v) is 9.03. The van der Waals surface area contributed by atoms with Gasteiger partial charge in [0.15, 0.2) is 22.1 Å². The summed E-state index contributed by atoms with van der Waals surface area (Å²) in [5.74, 6) is 1.28. The molecule has 0 aliphatic rings. The molecule has 0 saturated heterocycles. The number of hydrogen-bond donors (Lipinski definition) is 3. The maximum atomic E-state index is 11.9. The van der Waals surface area contributed by atoms with Gasteiger partial charge >= 0.3 is 4.87 Å². The predicted octanol–water partition coefficient (Wildman–Crippen LogP) is 2.21. The number of methoxy groups -OCH3 is 1. The van der Waals surface area contributed by atoms with Crippen molar-refractivity contribution >= 4 is 35.9 Å². The van der Waals surface area contributed by atoms with E-state index in [2.05, 4.69) is 19.3 Å². The predicted molar refractivity (Wildman–Crippen MR) is 106 cm³/mol. The summed E-state index contributed by atoms with van der Waals surface area (Å²) in [6.07, 6.45) is 3.21. The van der Waals surface area contributed by atoms with E-state index in [9.17, 15) is 14.9 Å². The zero-order chi connectivity index (χ0) is 20.1. The first-order chi connectivity index (χ1) is 13.5. The number of hydrogen-bond acceptors (Lipinski definition) is 8. The molecule has 0 bridgehead atoms. The van der Waals surface area contributed by atoms with Gasteiger partial charge < -0.3 is 14.5 Å². The van der Waals surface area contributed by atoms with Gasteiger partial charge in [-0.25, -0.2) is 0 Å². The lowest BCUT2D eigenvalue weighted by Crippen LogP contribution is -2.13. The molecule has 3 rings (SSSR count). The molecule has 1 aromatic carbocycles. The number of nitrogens with zero attached hydrogens (tertiary/aromatic N) is 2. The van der Waals surface area contributed by atoms with E-state index in [1.54, 1.807) is 30.4 Å². The summed E-state index contributed by atoms with van der Waals surface area (Å²) in [6, 6.07) is 7.10. The third-order valence-electron chi connectivity index (χ3n) is 3.58. The fraction of sp³-hybridized carbons (Fsp3) is 0.118. The minimum Gasteiger partial charge on any atom is -0.493 e. The second-order valence-electron chi connectivity index (χ2n) is 5.34. The van der Waals surface area contributed by atoms with Crippen LogP contribution < -0.4 is 19.9 Å². The molecule has 0 unspecified atom stereocenters. The second kappa shape index (κ2) is 8.47. The number of H-pyrrole nitrogens is 3. The maximum Gasteiger partial charge on any atom is 0.343 e. The molecule has 0 radical (unpaired) electrons. The van der Waals surface area contributed by atoms with Crippen molar-refractivity contribution in [3.63, 3.8) is 0 Å². The van der Waals surface area contributed by atoms with E-state index in [0.717, 1.165) is 11.5 Å². The van der Waals surface area contributed by atoms with Crippen molar-refractivity contribution in [2.24, 2.45) is 0 Å². The van der Waals surface area contributed by atoms with Crippen LogP contribution in [0.3, 0.4) is 0 Å². The Kier molecular flexibility index (Phi) is 5.83. The topological polar surface area (TPSA) is 137 Å². The van der Waals surface area contributed by atoms with Crippen molar-refractivity contribution in [3.8, 4) is 17.6 Å². The van der Waals surface area contributed by atoms with E-state index in [-0.39, 0.29) is 27.5 Å². The van der Waals surface area contributed by atoms with E-state index in [1.165, 1.54) is 7.11 Å². The Labute approximate surface area is 167 Å². The van der Waals surface area contributed by atoms with Gasteiger partial charge in [0.25, 0.3) is 5.56 Å². The van der Waals surface area contributed by atoms with Crippen LogP contribution in [0.25, 0.3) is 12.2 Å². The van der Waals surface area contributed by atoms with Crippen LogP contribution in [-0.2, 0) is 6.61 Å². The Bertz CT molecular complexity index is 1250. The third-order valence-corrected chi connectivity index (χ3v) is 4.39. The molecule has 28 heavy (non-hydrogen) atoms. The van der Waals surface area contributed by atoms with E-state index >= 15 is 0 Å². The lowest BCUT2D eigenvalue weighted by Gasteiger charge is -2.12. The zero-order valence-electron chi connectivity index (χ0n) is 14.4. The van der Waals surface area contributed by atoms with E-state index < -0.39 is 5.56 Å². The number of para-hydroxylation sites is 1. The summed E-state index contributed by atoms with van der Waals surface area (Å²) in [5, 5.41) is 9.20. The van der Waals surface area contributed by atoms with Crippen molar-refractivity contribution in [1.82, 2.24) is 19.3 Å². The summed E-state index contributed by atoms with van der Waals surface area (Å²) in [4.78, 5) is 31.6. The number of aromatic amines is 3. The van der Waals surface area contributed by atoms with Gasteiger partial charge in [0, 0.05) is 17.1 Å². The molecule has 3 aromatic rings. The molecule has 0 aliphatic carbocycles. The van der Waals surface area contributed by atoms with Crippen LogP contribution in [0.4, 0.5) is 0 Å². The quantitative estimate of drug-likeness (QED) is 0.525. The van der Waals surface area contributed by atoms with Gasteiger partial charge in [-0.3, -0.25) is 18.9 Å². The van der Waals surface area contributed by atoms with Crippen LogP contribution in [0.1, 0.15) is 22.6 Å². The fourth-order valence-corrected chi connectivity index (χ4v) is 3.02. The number of aromatic nitrogens is 4. The van der Waals surface area contributed by atoms with Gasteiger partial charge in [0.1, 0.15) is 18.2 Å². The number of benzene rings is 1. The highest BCUT2D eigenvalue weighted by Gasteiger charge is 2.11. The zero-order valence-corrected chi connectivity index (χ0v) is 16.1. The van der Waals surface area contributed by atoms with Gasteiger partial charge in [-0.1, -0.05) is 12.1 Å². The van der Waals surface area contributed by atoms with Gasteiger partial charge in [-0.2, -0.15) is 10.2 Å². The largest absolute Gasteiger partial charge is 0.493 e.